The maximum absolute atomic E-state index is 13.6. The smallest absolute Gasteiger partial charge is 0.193 e. The molecule has 0 fully saturated rings. The molecule has 3 nitrogen and oxygen atoms in total. The Morgan fingerprint density at radius 1 is 1.27 bits per heavy atom. The quantitative estimate of drug-likeness (QED) is 0.442. The molecule has 120 valence electrons. The molecule has 1 aromatic heterocycles. The highest BCUT2D eigenvalue weighted by Gasteiger charge is 2.07. The minimum Gasteiger partial charge on any atom is -0.352 e. The Morgan fingerprint density at radius 3 is 2.68 bits per heavy atom. The van der Waals surface area contributed by atoms with E-state index >= 15 is 0 Å². The second-order valence-electron chi connectivity index (χ2n) is 4.74. The van der Waals surface area contributed by atoms with Gasteiger partial charge in [0, 0.05) is 37.6 Å². The second-order valence-corrected chi connectivity index (χ2v) is 5.78. The molecule has 0 atom stereocenters. The van der Waals surface area contributed by atoms with Gasteiger partial charge in [-0.05, 0) is 23.9 Å². The highest BCUT2D eigenvalue weighted by atomic mass is 127. The van der Waals surface area contributed by atoms with Gasteiger partial charge < -0.3 is 10.2 Å². The molecule has 0 spiro atoms. The summed E-state index contributed by atoms with van der Waals surface area (Å²) in [5.74, 6) is 0.580. The van der Waals surface area contributed by atoms with Crippen molar-refractivity contribution in [3.63, 3.8) is 0 Å². The molecule has 0 saturated heterocycles. The van der Waals surface area contributed by atoms with Gasteiger partial charge in [0.1, 0.15) is 5.82 Å². The fraction of sp³-hybridized carbons (Fsp3) is 0.312. The topological polar surface area (TPSA) is 27.6 Å². The van der Waals surface area contributed by atoms with E-state index in [1.807, 2.05) is 13.1 Å². The van der Waals surface area contributed by atoms with Crippen molar-refractivity contribution < 1.29 is 4.39 Å². The van der Waals surface area contributed by atoms with Crippen LogP contribution < -0.4 is 5.32 Å². The number of likely N-dealkylation sites (N-methyl/N-ethyl adjacent to an activating group) is 1. The van der Waals surface area contributed by atoms with Gasteiger partial charge in [-0.3, -0.25) is 4.99 Å². The summed E-state index contributed by atoms with van der Waals surface area (Å²) in [6.07, 6.45) is 0.981. The summed E-state index contributed by atoms with van der Waals surface area (Å²) in [5.41, 5.74) is 0.644. The van der Waals surface area contributed by atoms with Crippen molar-refractivity contribution in [3.05, 3.63) is 58.0 Å². The first-order valence-corrected chi connectivity index (χ1v) is 7.76. The van der Waals surface area contributed by atoms with Crippen LogP contribution >= 0.6 is 35.3 Å². The summed E-state index contributed by atoms with van der Waals surface area (Å²) in [6.45, 7) is 1.31. The number of benzene rings is 1. The Hall–Kier alpha value is -1.15. The zero-order valence-electron chi connectivity index (χ0n) is 12.8. The van der Waals surface area contributed by atoms with Gasteiger partial charge in [-0.15, -0.1) is 35.3 Å². The molecule has 2 aromatic rings. The molecule has 2 rings (SSSR count). The number of halogens is 2. The Bertz CT molecular complexity index is 587. The van der Waals surface area contributed by atoms with Crippen LogP contribution in [0, 0.1) is 5.82 Å². The van der Waals surface area contributed by atoms with E-state index in [1.165, 1.54) is 10.9 Å². The molecule has 1 aromatic carbocycles. The molecule has 0 aliphatic rings. The molecule has 0 unspecified atom stereocenters. The lowest BCUT2D eigenvalue weighted by molar-refractivity contribution is 0.485. The number of hydrogen-bond donors (Lipinski definition) is 1. The Morgan fingerprint density at radius 2 is 2.05 bits per heavy atom. The molecule has 1 N–H and O–H groups in total. The van der Waals surface area contributed by atoms with Crippen molar-refractivity contribution in [2.75, 3.05) is 20.6 Å². The van der Waals surface area contributed by atoms with Crippen molar-refractivity contribution in [1.29, 1.82) is 0 Å². The molecular weight excluding hydrogens is 412 g/mol. The average molecular weight is 433 g/mol. The van der Waals surface area contributed by atoms with Gasteiger partial charge in [0.15, 0.2) is 5.96 Å². The SMILES string of the molecule is CN=C(NCc1ccccc1F)N(C)CCc1cccs1.I. The van der Waals surface area contributed by atoms with E-state index in [9.17, 15) is 4.39 Å². The van der Waals surface area contributed by atoms with Crippen LogP contribution in [0.4, 0.5) is 4.39 Å². The molecule has 0 amide bonds. The number of aliphatic imine (C=N–C) groups is 1. The van der Waals surface area contributed by atoms with Crippen LogP contribution in [-0.4, -0.2) is 31.5 Å². The number of nitrogens with one attached hydrogen (secondary N) is 1. The minimum absolute atomic E-state index is 0. The first-order valence-electron chi connectivity index (χ1n) is 6.88. The van der Waals surface area contributed by atoms with Gasteiger partial charge in [0.25, 0.3) is 0 Å². The standard InChI is InChI=1S/C16H20FN3S.HI/c1-18-16(19-12-13-6-3-4-8-15(13)17)20(2)10-9-14-7-5-11-21-14;/h3-8,11H,9-10,12H2,1-2H3,(H,18,19);1H. The van der Waals surface area contributed by atoms with Crippen LogP contribution in [0.2, 0.25) is 0 Å². The average Bonchev–Trinajstić information content (AvgIpc) is 3.01. The van der Waals surface area contributed by atoms with E-state index in [-0.39, 0.29) is 29.8 Å². The molecule has 0 radical (unpaired) electrons. The third-order valence-corrected chi connectivity index (χ3v) is 4.18. The van der Waals surface area contributed by atoms with Crippen LogP contribution in [0.5, 0.6) is 0 Å². The monoisotopic (exact) mass is 433 g/mol. The van der Waals surface area contributed by atoms with Crippen LogP contribution in [-0.2, 0) is 13.0 Å². The first-order chi connectivity index (χ1) is 10.2. The highest BCUT2D eigenvalue weighted by molar-refractivity contribution is 14.0. The van der Waals surface area contributed by atoms with Crippen LogP contribution in [0.25, 0.3) is 0 Å². The molecule has 22 heavy (non-hydrogen) atoms. The van der Waals surface area contributed by atoms with E-state index in [1.54, 1.807) is 30.5 Å². The molecule has 0 bridgehead atoms. The molecule has 0 aliphatic heterocycles. The van der Waals surface area contributed by atoms with Gasteiger partial charge in [0.05, 0.1) is 0 Å². The van der Waals surface area contributed by atoms with E-state index in [2.05, 4.69) is 32.7 Å². The molecule has 1 heterocycles. The van der Waals surface area contributed by atoms with E-state index in [4.69, 9.17) is 0 Å². The maximum atomic E-state index is 13.6. The van der Waals surface area contributed by atoms with Gasteiger partial charge in [0.2, 0.25) is 0 Å². The zero-order valence-corrected chi connectivity index (χ0v) is 15.9. The highest BCUT2D eigenvalue weighted by Crippen LogP contribution is 2.10. The molecular formula is C16H21FIN3S. The molecule has 0 aliphatic carbocycles. The van der Waals surface area contributed by atoms with E-state index in [0.29, 0.717) is 12.1 Å². The maximum Gasteiger partial charge on any atom is 0.193 e. The Labute approximate surface area is 152 Å². The van der Waals surface area contributed by atoms with Crippen molar-refractivity contribution in [2.24, 2.45) is 4.99 Å². The van der Waals surface area contributed by atoms with Crippen molar-refractivity contribution >= 4 is 41.3 Å². The van der Waals surface area contributed by atoms with Gasteiger partial charge in [-0.2, -0.15) is 0 Å². The number of thiophene rings is 1. The number of hydrogen-bond acceptors (Lipinski definition) is 2. The van der Waals surface area contributed by atoms with Crippen molar-refractivity contribution in [2.45, 2.75) is 13.0 Å². The van der Waals surface area contributed by atoms with Gasteiger partial charge >= 0.3 is 0 Å². The lowest BCUT2D eigenvalue weighted by Gasteiger charge is -2.22. The summed E-state index contributed by atoms with van der Waals surface area (Å²) < 4.78 is 13.6. The first kappa shape index (κ1) is 18.9. The molecule has 6 heteroatoms. The normalized spacial score (nSPS) is 11.0. The Balaban J connectivity index is 0.00000242. The van der Waals surface area contributed by atoms with Gasteiger partial charge in [-0.25, -0.2) is 4.39 Å². The number of rotatable bonds is 5. The number of nitrogens with zero attached hydrogens (tertiary/aromatic N) is 2. The number of guanidine groups is 1. The Kier molecular flexibility index (Phi) is 8.40. The van der Waals surface area contributed by atoms with E-state index in [0.717, 1.165) is 18.9 Å². The lowest BCUT2D eigenvalue weighted by atomic mass is 10.2. The predicted molar refractivity (Wildman–Crippen MR) is 103 cm³/mol. The summed E-state index contributed by atoms with van der Waals surface area (Å²) in [6, 6.07) is 11.0. The largest absolute Gasteiger partial charge is 0.352 e. The lowest BCUT2D eigenvalue weighted by Crippen LogP contribution is -2.39. The van der Waals surface area contributed by atoms with Crippen LogP contribution in [0.3, 0.4) is 0 Å². The molecule has 0 saturated carbocycles. The second kappa shape index (κ2) is 9.78. The predicted octanol–water partition coefficient (Wildman–Crippen LogP) is 3.76. The fourth-order valence-electron chi connectivity index (χ4n) is 2.04. The fourth-order valence-corrected chi connectivity index (χ4v) is 2.74. The summed E-state index contributed by atoms with van der Waals surface area (Å²) in [4.78, 5) is 7.65. The summed E-state index contributed by atoms with van der Waals surface area (Å²) >= 11 is 1.76. The summed E-state index contributed by atoms with van der Waals surface area (Å²) in [5, 5.41) is 5.28. The third kappa shape index (κ3) is 5.57. The zero-order chi connectivity index (χ0) is 15.1. The van der Waals surface area contributed by atoms with E-state index < -0.39 is 0 Å². The third-order valence-electron chi connectivity index (χ3n) is 3.24. The minimum atomic E-state index is -0.193. The van der Waals surface area contributed by atoms with Crippen LogP contribution in [0.15, 0.2) is 46.8 Å². The van der Waals surface area contributed by atoms with Crippen molar-refractivity contribution in [1.82, 2.24) is 10.2 Å². The van der Waals surface area contributed by atoms with Crippen molar-refractivity contribution in [3.8, 4) is 0 Å². The van der Waals surface area contributed by atoms with Gasteiger partial charge in [-0.1, -0.05) is 24.3 Å². The summed E-state index contributed by atoms with van der Waals surface area (Å²) in [7, 11) is 3.73. The van der Waals surface area contributed by atoms with Crippen LogP contribution in [0.1, 0.15) is 10.4 Å².